The molecule has 0 unspecified atom stereocenters. The molecule has 2 aromatic heterocycles. The highest BCUT2D eigenvalue weighted by Gasteiger charge is 2.20. The summed E-state index contributed by atoms with van der Waals surface area (Å²) in [5.41, 5.74) is 13.5. The summed E-state index contributed by atoms with van der Waals surface area (Å²) < 4.78 is 47.6. The lowest BCUT2D eigenvalue weighted by Crippen LogP contribution is -2.36. The number of nitrogens with one attached hydrogen (secondary N) is 1. The van der Waals surface area contributed by atoms with E-state index in [4.69, 9.17) is 76.7 Å². The average molecular weight is 1370 g/mol. The number of pyridine rings is 2. The minimum absolute atomic E-state index is 0.0266. The Morgan fingerprint density at radius 3 is 1.34 bits per heavy atom. The van der Waals surface area contributed by atoms with Gasteiger partial charge in [-0.2, -0.15) is 10.5 Å². The van der Waals surface area contributed by atoms with Crippen LogP contribution in [-0.4, -0.2) is 103 Å². The number of hydrogen-bond acceptors (Lipinski definition) is 16. The molecule has 0 aliphatic carbocycles. The standard InChI is InChI=1S/C37H40ClN3O5.C32H30BrClN2O4.C5H11NO/c1-25-29(24-46-35-19-37(36(43-3)18-33(35)38)45-23-28-17-27(20-39)21-40-22-28)7-4-8-31(25)32-9-5-10-34(26(32)2)44-16-6-13-41-14-11-30(42)12-15-41;1-21-25(7-4-8-26(21)27-9-5-10-29(22(27)2)38-12-6-11-33)20-40-30-15-32(31(37-3)14-28(30)34)39-19-24-13-23(16-35)17-36-18-24;7-5-1-3-6-4-2-5/h4-5,7-10,17-19,21-22,30,42H,6,11-16,23-24H2,1-3H3;4-5,7-10,13-15,17-18H,6,11-12,19-20H2,1-3H3;5-7H,1-4H2. The van der Waals surface area contributed by atoms with Crippen molar-refractivity contribution in [2.45, 2.75) is 105 Å². The van der Waals surface area contributed by atoms with Crippen molar-refractivity contribution in [1.82, 2.24) is 20.2 Å². The zero-order valence-corrected chi connectivity index (χ0v) is 56.7. The molecule has 2 aliphatic heterocycles. The Morgan fingerprint density at radius 1 is 0.505 bits per heavy atom. The van der Waals surface area contributed by atoms with E-state index in [1.807, 2.05) is 36.4 Å². The Morgan fingerprint density at radius 2 is 0.925 bits per heavy atom. The first-order chi connectivity index (χ1) is 45.2. The molecule has 2 aliphatic rings. The fourth-order valence-corrected chi connectivity index (χ4v) is 11.4. The Hall–Kier alpha value is -8.10. The van der Waals surface area contributed by atoms with Crippen molar-refractivity contribution in [2.24, 2.45) is 0 Å². The van der Waals surface area contributed by atoms with Gasteiger partial charge in [0.25, 0.3) is 0 Å². The summed E-state index contributed by atoms with van der Waals surface area (Å²) in [5.74, 6) is 4.63. The van der Waals surface area contributed by atoms with Gasteiger partial charge in [-0.05, 0) is 159 Å². The maximum atomic E-state index is 9.74. The van der Waals surface area contributed by atoms with Crippen LogP contribution >= 0.6 is 39.1 Å². The normalized spacial score (nSPS) is 13.2. The number of benzene rings is 6. The number of rotatable bonds is 25. The first-order valence-corrected chi connectivity index (χ1v) is 33.0. The lowest BCUT2D eigenvalue weighted by atomic mass is 9.93. The number of methoxy groups -OCH3 is 2. The van der Waals surface area contributed by atoms with E-state index in [9.17, 15) is 5.11 Å². The van der Waals surface area contributed by atoms with Crippen molar-refractivity contribution in [3.05, 3.63) is 200 Å². The zero-order valence-electron chi connectivity index (χ0n) is 53.6. The van der Waals surface area contributed by atoms with Crippen LogP contribution in [0.5, 0.6) is 46.0 Å². The van der Waals surface area contributed by atoms with Gasteiger partial charge in [-0.1, -0.05) is 99.8 Å². The third-order valence-electron chi connectivity index (χ3n) is 16.2. The molecule has 0 spiro atoms. The number of likely N-dealkylation sites (tertiary alicyclic amines) is 1. The maximum absolute atomic E-state index is 9.74. The van der Waals surface area contributed by atoms with E-state index in [1.165, 1.54) is 12.4 Å². The van der Waals surface area contributed by atoms with Crippen molar-refractivity contribution in [1.29, 1.82) is 10.5 Å². The van der Waals surface area contributed by atoms with E-state index in [0.717, 1.165) is 155 Å². The fraction of sp³-hybridized carbons (Fsp3) is 0.351. The third-order valence-corrected chi connectivity index (χ3v) is 17.3. The predicted molar refractivity (Wildman–Crippen MR) is 368 cm³/mol. The Kier molecular flexibility index (Phi) is 27.7. The summed E-state index contributed by atoms with van der Waals surface area (Å²) in [4.78, 5) is 10.6. The third kappa shape index (κ3) is 20.4. The van der Waals surface area contributed by atoms with Crippen molar-refractivity contribution in [3.8, 4) is 80.4 Å². The van der Waals surface area contributed by atoms with E-state index in [1.54, 1.807) is 63.0 Å². The van der Waals surface area contributed by atoms with Crippen LogP contribution in [0.4, 0.5) is 0 Å². The quantitative estimate of drug-likeness (QED) is 0.0360. The van der Waals surface area contributed by atoms with Crippen LogP contribution in [0.3, 0.4) is 0 Å². The lowest BCUT2D eigenvalue weighted by molar-refractivity contribution is 0.0800. The van der Waals surface area contributed by atoms with Crippen LogP contribution in [-0.2, 0) is 26.4 Å². The second-order valence-electron chi connectivity index (χ2n) is 22.6. The van der Waals surface area contributed by atoms with Crippen molar-refractivity contribution >= 4 is 39.1 Å². The molecule has 3 N–H and O–H groups in total. The van der Waals surface area contributed by atoms with Gasteiger partial charge in [0.05, 0.1) is 60.8 Å². The zero-order chi connectivity index (χ0) is 66.1. The molecule has 8 aromatic rings. The van der Waals surface area contributed by atoms with Crippen molar-refractivity contribution in [3.63, 3.8) is 0 Å². The fourth-order valence-electron chi connectivity index (χ4n) is 10.7. The molecule has 0 bridgehead atoms. The van der Waals surface area contributed by atoms with Crippen LogP contribution in [0.1, 0.15) is 94.2 Å². The molecule has 0 amide bonds. The number of piperidine rings is 2. The van der Waals surface area contributed by atoms with Gasteiger partial charge >= 0.3 is 0 Å². The number of aromatic nitrogens is 2. The molecule has 19 heteroatoms. The van der Waals surface area contributed by atoms with Crippen LogP contribution in [0.15, 0.2) is 134 Å². The Labute approximate surface area is 565 Å². The molecule has 6 aromatic carbocycles. The van der Waals surface area contributed by atoms with Gasteiger partial charge in [-0.25, -0.2) is 0 Å². The summed E-state index contributed by atoms with van der Waals surface area (Å²) in [5, 5.41) is 41.8. The monoisotopic (exact) mass is 1360 g/mol. The predicted octanol–water partition coefficient (Wildman–Crippen LogP) is 15.2. The highest BCUT2D eigenvalue weighted by molar-refractivity contribution is 9.09. The number of nitriles is 2. The molecule has 2 saturated heterocycles. The maximum Gasteiger partial charge on any atom is 0.165 e. The molecular weight excluding hydrogens is 1280 g/mol. The minimum Gasteiger partial charge on any atom is -0.493 e. The molecule has 2 fully saturated rings. The number of aliphatic hydroxyl groups excluding tert-OH is 2. The molecule has 0 radical (unpaired) electrons. The van der Waals surface area contributed by atoms with Gasteiger partial charge in [-0.3, -0.25) is 9.97 Å². The van der Waals surface area contributed by atoms with Crippen molar-refractivity contribution in [2.75, 3.05) is 65.5 Å². The summed E-state index contributed by atoms with van der Waals surface area (Å²) in [6, 6.07) is 39.2. The highest BCUT2D eigenvalue weighted by Crippen LogP contribution is 2.42. The van der Waals surface area contributed by atoms with E-state index >= 15 is 0 Å². The molecular formula is C74H81BrCl2N6O10. The number of halogens is 3. The number of ether oxygens (including phenoxy) is 8. The lowest BCUT2D eigenvalue weighted by Gasteiger charge is -2.29. The van der Waals surface area contributed by atoms with Gasteiger partial charge in [0.1, 0.15) is 61.6 Å². The van der Waals surface area contributed by atoms with Crippen LogP contribution < -0.4 is 43.2 Å². The number of hydrogen-bond donors (Lipinski definition) is 3. The first-order valence-electron chi connectivity index (χ1n) is 31.1. The Bertz CT molecular complexity index is 3830. The molecule has 10 rings (SSSR count). The topological polar surface area (TPSA) is 203 Å². The van der Waals surface area contributed by atoms with Crippen LogP contribution in [0, 0.1) is 50.4 Å². The molecule has 488 valence electrons. The van der Waals surface area contributed by atoms with E-state index < -0.39 is 0 Å². The molecule has 0 saturated carbocycles. The minimum atomic E-state index is -0.149. The molecule has 93 heavy (non-hydrogen) atoms. The first kappa shape index (κ1) is 70.8. The Balaban J connectivity index is 0.000000217. The van der Waals surface area contributed by atoms with Gasteiger partial charge in [-0.15, -0.1) is 0 Å². The van der Waals surface area contributed by atoms with Crippen molar-refractivity contribution < 1.29 is 48.1 Å². The largest absolute Gasteiger partial charge is 0.493 e. The number of aliphatic hydroxyl groups is 2. The molecule has 0 atom stereocenters. The van der Waals surface area contributed by atoms with Crippen LogP contribution in [0.2, 0.25) is 10.0 Å². The van der Waals surface area contributed by atoms with E-state index in [-0.39, 0.29) is 25.4 Å². The molecule has 4 heterocycles. The summed E-state index contributed by atoms with van der Waals surface area (Å²) in [7, 11) is 3.10. The van der Waals surface area contributed by atoms with Crippen LogP contribution in [0.25, 0.3) is 22.3 Å². The highest BCUT2D eigenvalue weighted by atomic mass is 79.9. The average Bonchev–Trinajstić information content (AvgIpc) is 0.888. The second kappa shape index (κ2) is 36.4. The summed E-state index contributed by atoms with van der Waals surface area (Å²) in [6.45, 7) is 15.6. The van der Waals surface area contributed by atoms with E-state index in [0.29, 0.717) is 82.1 Å². The smallest absolute Gasteiger partial charge is 0.165 e. The van der Waals surface area contributed by atoms with Gasteiger partial charge in [0.15, 0.2) is 23.0 Å². The van der Waals surface area contributed by atoms with E-state index in [2.05, 4.69) is 112 Å². The summed E-state index contributed by atoms with van der Waals surface area (Å²) >= 11 is 16.6. The van der Waals surface area contributed by atoms with Gasteiger partial charge in [0.2, 0.25) is 0 Å². The second-order valence-corrected chi connectivity index (χ2v) is 24.2. The number of alkyl halides is 1. The SMILES string of the molecule is COc1cc(Cl)c(OCc2cccc(-c3cccc(OCCCBr)c3C)c2C)cc1OCc1cncc(C#N)c1.COc1cc(Cl)c(OCc2cccc(-c3cccc(OCCCN4CCC(O)CC4)c3C)c2C)cc1OCc1cncc(C#N)c1.OC1CCNCC1. The summed E-state index contributed by atoms with van der Waals surface area (Å²) in [6.07, 6.45) is 11.6. The molecule has 16 nitrogen and oxygen atoms in total. The van der Waals surface area contributed by atoms with Gasteiger partial charge < -0.3 is 58.3 Å². The van der Waals surface area contributed by atoms with Gasteiger partial charge in [0, 0.05) is 85.1 Å². The number of nitrogens with zero attached hydrogens (tertiary/aromatic N) is 5.